The van der Waals surface area contributed by atoms with Crippen LogP contribution in [-0.4, -0.2) is 19.7 Å². The summed E-state index contributed by atoms with van der Waals surface area (Å²) < 4.78 is 2.00. The summed E-state index contributed by atoms with van der Waals surface area (Å²) >= 11 is 5.72. The average molecular weight is 250 g/mol. The highest BCUT2D eigenvalue weighted by molar-refractivity contribution is 6.30. The van der Waals surface area contributed by atoms with Crippen molar-refractivity contribution >= 4 is 23.2 Å². The summed E-state index contributed by atoms with van der Waals surface area (Å²) in [5.41, 5.74) is 0.902. The SMILES string of the molecule is Clc1cnc(Nc2cnn(C3CCC3)c2)nc1. The molecule has 1 saturated carbocycles. The van der Waals surface area contributed by atoms with E-state index < -0.39 is 0 Å². The van der Waals surface area contributed by atoms with E-state index in [0.29, 0.717) is 17.0 Å². The summed E-state index contributed by atoms with van der Waals surface area (Å²) in [6.45, 7) is 0. The molecule has 2 aromatic rings. The van der Waals surface area contributed by atoms with Gasteiger partial charge in [0, 0.05) is 6.20 Å². The smallest absolute Gasteiger partial charge is 0.227 e. The van der Waals surface area contributed by atoms with Crippen molar-refractivity contribution in [1.82, 2.24) is 19.7 Å². The van der Waals surface area contributed by atoms with Gasteiger partial charge in [-0.25, -0.2) is 9.97 Å². The van der Waals surface area contributed by atoms with Gasteiger partial charge in [0.2, 0.25) is 5.95 Å². The molecule has 5 nitrogen and oxygen atoms in total. The largest absolute Gasteiger partial charge is 0.321 e. The summed E-state index contributed by atoms with van der Waals surface area (Å²) in [6.07, 6.45) is 10.6. The molecule has 1 aliphatic rings. The van der Waals surface area contributed by atoms with Crippen LogP contribution in [0.4, 0.5) is 11.6 Å². The van der Waals surface area contributed by atoms with Gasteiger partial charge in [-0.05, 0) is 19.3 Å². The zero-order valence-corrected chi connectivity index (χ0v) is 9.93. The summed E-state index contributed by atoms with van der Waals surface area (Å²) in [4.78, 5) is 8.14. The fraction of sp³-hybridized carbons (Fsp3) is 0.364. The third kappa shape index (κ3) is 2.24. The molecule has 0 aromatic carbocycles. The first-order valence-corrected chi connectivity index (χ1v) is 5.98. The zero-order chi connectivity index (χ0) is 11.7. The van der Waals surface area contributed by atoms with E-state index >= 15 is 0 Å². The number of hydrogen-bond acceptors (Lipinski definition) is 4. The number of nitrogens with zero attached hydrogens (tertiary/aromatic N) is 4. The molecule has 17 heavy (non-hydrogen) atoms. The molecule has 88 valence electrons. The van der Waals surface area contributed by atoms with Crippen LogP contribution in [0.2, 0.25) is 5.02 Å². The van der Waals surface area contributed by atoms with Gasteiger partial charge in [-0.3, -0.25) is 4.68 Å². The number of nitrogens with one attached hydrogen (secondary N) is 1. The Hall–Kier alpha value is -1.62. The second kappa shape index (κ2) is 4.33. The van der Waals surface area contributed by atoms with Gasteiger partial charge in [-0.2, -0.15) is 5.10 Å². The Morgan fingerprint density at radius 1 is 1.24 bits per heavy atom. The van der Waals surface area contributed by atoms with Crippen LogP contribution >= 0.6 is 11.6 Å². The zero-order valence-electron chi connectivity index (χ0n) is 9.17. The third-order valence-corrected chi connectivity index (χ3v) is 3.12. The lowest BCUT2D eigenvalue weighted by atomic mass is 9.93. The lowest BCUT2D eigenvalue weighted by Crippen LogP contribution is -2.17. The van der Waals surface area contributed by atoms with Crippen LogP contribution in [0.25, 0.3) is 0 Å². The summed E-state index contributed by atoms with van der Waals surface area (Å²) in [7, 11) is 0. The number of hydrogen-bond donors (Lipinski definition) is 1. The topological polar surface area (TPSA) is 55.6 Å². The fourth-order valence-corrected chi connectivity index (χ4v) is 1.86. The molecule has 3 rings (SSSR count). The number of aromatic nitrogens is 4. The van der Waals surface area contributed by atoms with Crippen LogP contribution < -0.4 is 5.32 Å². The van der Waals surface area contributed by atoms with Crippen molar-refractivity contribution < 1.29 is 0 Å². The van der Waals surface area contributed by atoms with Crippen LogP contribution in [0, 0.1) is 0 Å². The van der Waals surface area contributed by atoms with Crippen LogP contribution in [0.5, 0.6) is 0 Å². The molecule has 6 heteroatoms. The van der Waals surface area contributed by atoms with Crippen molar-refractivity contribution in [2.45, 2.75) is 25.3 Å². The Kier molecular flexibility index (Phi) is 2.68. The maximum Gasteiger partial charge on any atom is 0.227 e. The number of anilines is 2. The summed E-state index contributed by atoms with van der Waals surface area (Å²) in [5, 5.41) is 7.94. The monoisotopic (exact) mass is 249 g/mol. The Morgan fingerprint density at radius 2 is 2.00 bits per heavy atom. The van der Waals surface area contributed by atoms with Crippen LogP contribution in [0.15, 0.2) is 24.8 Å². The second-order valence-corrected chi connectivity index (χ2v) is 4.58. The van der Waals surface area contributed by atoms with Crippen molar-refractivity contribution in [3.05, 3.63) is 29.8 Å². The van der Waals surface area contributed by atoms with Gasteiger partial charge in [-0.1, -0.05) is 11.6 Å². The van der Waals surface area contributed by atoms with Crippen molar-refractivity contribution in [3.8, 4) is 0 Å². The van der Waals surface area contributed by atoms with Crippen LogP contribution in [-0.2, 0) is 0 Å². The van der Waals surface area contributed by atoms with Crippen molar-refractivity contribution in [2.75, 3.05) is 5.32 Å². The van der Waals surface area contributed by atoms with Gasteiger partial charge in [0.15, 0.2) is 0 Å². The minimum atomic E-state index is 0.528. The molecular weight excluding hydrogens is 238 g/mol. The predicted molar refractivity (Wildman–Crippen MR) is 65.4 cm³/mol. The molecule has 0 aliphatic heterocycles. The number of rotatable bonds is 3. The Balaban J connectivity index is 1.72. The molecule has 0 spiro atoms. The van der Waals surface area contributed by atoms with Gasteiger partial charge >= 0.3 is 0 Å². The average Bonchev–Trinajstić information content (AvgIpc) is 2.67. The highest BCUT2D eigenvalue weighted by Crippen LogP contribution is 2.31. The molecule has 1 aliphatic carbocycles. The van der Waals surface area contributed by atoms with E-state index in [1.807, 2.05) is 10.9 Å². The molecule has 0 bridgehead atoms. The standard InChI is InChI=1S/C11H12ClN5/c12-8-4-13-11(14-5-8)16-9-6-15-17(7-9)10-2-1-3-10/h4-7,10H,1-3H2,(H,13,14,16). The van der Waals surface area contributed by atoms with Gasteiger partial charge in [-0.15, -0.1) is 0 Å². The second-order valence-electron chi connectivity index (χ2n) is 4.14. The van der Waals surface area contributed by atoms with Gasteiger partial charge in [0.25, 0.3) is 0 Å². The molecule has 2 aromatic heterocycles. The summed E-state index contributed by atoms with van der Waals surface area (Å²) in [6, 6.07) is 0.566. The molecule has 0 radical (unpaired) electrons. The van der Waals surface area contributed by atoms with E-state index in [-0.39, 0.29) is 0 Å². The van der Waals surface area contributed by atoms with E-state index in [1.165, 1.54) is 19.3 Å². The first kappa shape index (κ1) is 10.5. The highest BCUT2D eigenvalue weighted by atomic mass is 35.5. The molecule has 2 heterocycles. The van der Waals surface area contributed by atoms with Crippen molar-refractivity contribution in [2.24, 2.45) is 0 Å². The molecule has 0 amide bonds. The highest BCUT2D eigenvalue weighted by Gasteiger charge is 2.19. The first-order valence-electron chi connectivity index (χ1n) is 5.60. The molecule has 1 fully saturated rings. The van der Waals surface area contributed by atoms with E-state index in [9.17, 15) is 0 Å². The summed E-state index contributed by atoms with van der Waals surface area (Å²) in [5.74, 6) is 0.530. The lowest BCUT2D eigenvalue weighted by molar-refractivity contribution is 0.289. The molecule has 0 unspecified atom stereocenters. The van der Waals surface area contributed by atoms with Crippen molar-refractivity contribution in [3.63, 3.8) is 0 Å². The maximum absolute atomic E-state index is 5.72. The molecular formula is C11H12ClN5. The normalized spacial score (nSPS) is 15.6. The van der Waals surface area contributed by atoms with Crippen molar-refractivity contribution in [1.29, 1.82) is 0 Å². The molecule has 0 atom stereocenters. The minimum absolute atomic E-state index is 0.528. The number of halogens is 1. The van der Waals surface area contributed by atoms with Gasteiger partial charge in [0.05, 0.1) is 35.3 Å². The fourth-order valence-electron chi connectivity index (χ4n) is 1.76. The molecule has 0 saturated heterocycles. The Labute approximate surface area is 104 Å². The molecule has 1 N–H and O–H groups in total. The third-order valence-electron chi connectivity index (χ3n) is 2.93. The lowest BCUT2D eigenvalue weighted by Gasteiger charge is -2.25. The van der Waals surface area contributed by atoms with Crippen LogP contribution in [0.1, 0.15) is 25.3 Å². The van der Waals surface area contributed by atoms with E-state index in [2.05, 4.69) is 20.4 Å². The van der Waals surface area contributed by atoms with Gasteiger partial charge in [0.1, 0.15) is 0 Å². The van der Waals surface area contributed by atoms with E-state index in [0.717, 1.165) is 5.69 Å². The maximum atomic E-state index is 5.72. The Morgan fingerprint density at radius 3 is 2.65 bits per heavy atom. The first-order chi connectivity index (χ1) is 8.31. The quantitative estimate of drug-likeness (QED) is 0.909. The minimum Gasteiger partial charge on any atom is -0.321 e. The van der Waals surface area contributed by atoms with Gasteiger partial charge < -0.3 is 5.32 Å². The predicted octanol–water partition coefficient (Wildman–Crippen LogP) is 2.80. The van der Waals surface area contributed by atoms with E-state index in [1.54, 1.807) is 18.6 Å². The van der Waals surface area contributed by atoms with E-state index in [4.69, 9.17) is 11.6 Å². The van der Waals surface area contributed by atoms with Crippen LogP contribution in [0.3, 0.4) is 0 Å². The Bertz CT molecular complexity index is 503.